The normalized spacial score (nSPS) is 32.0. The molecule has 2 atom stereocenters. The fourth-order valence-corrected chi connectivity index (χ4v) is 4.29. The minimum absolute atomic E-state index is 0.126. The molecule has 0 bridgehead atoms. The van der Waals surface area contributed by atoms with E-state index in [1.807, 2.05) is 0 Å². The number of rotatable bonds is 4. The lowest BCUT2D eigenvalue weighted by Gasteiger charge is -2.36. The van der Waals surface area contributed by atoms with Crippen LogP contribution in [-0.2, 0) is 4.79 Å². The fourth-order valence-electron chi connectivity index (χ4n) is 4.29. The number of carbonyl (C=O) groups excluding carboxylic acids is 1. The van der Waals surface area contributed by atoms with Gasteiger partial charge in [-0.2, -0.15) is 0 Å². The van der Waals surface area contributed by atoms with Gasteiger partial charge in [0.2, 0.25) is 5.91 Å². The van der Waals surface area contributed by atoms with E-state index in [1.165, 1.54) is 12.8 Å². The Hall–Kier alpha value is -0.650. The molecule has 0 aliphatic carbocycles. The van der Waals surface area contributed by atoms with Gasteiger partial charge in [0, 0.05) is 25.7 Å². The molecular formula is C16H29N3O2. The van der Waals surface area contributed by atoms with Gasteiger partial charge in [0.1, 0.15) is 0 Å². The first-order chi connectivity index (χ1) is 10.3. The van der Waals surface area contributed by atoms with Crippen LogP contribution in [0.4, 0.5) is 0 Å². The quantitative estimate of drug-likeness (QED) is 0.790. The highest BCUT2D eigenvalue weighted by Crippen LogP contribution is 2.28. The molecule has 120 valence electrons. The Balaban J connectivity index is 1.58. The fraction of sp³-hybridized carbons (Fsp3) is 0.938. The summed E-state index contributed by atoms with van der Waals surface area (Å²) in [4.78, 5) is 17.4. The van der Waals surface area contributed by atoms with E-state index < -0.39 is 0 Å². The maximum Gasteiger partial charge on any atom is 0.239 e. The molecule has 2 unspecified atom stereocenters. The first-order valence-corrected chi connectivity index (χ1v) is 8.65. The van der Waals surface area contributed by atoms with Crippen molar-refractivity contribution in [2.24, 2.45) is 5.92 Å². The number of hydrogen-bond donors (Lipinski definition) is 2. The number of likely N-dealkylation sites (tertiary alicyclic amines) is 2. The molecule has 2 N–H and O–H groups in total. The Kier molecular flexibility index (Phi) is 5.14. The molecule has 0 aromatic rings. The number of aliphatic hydroxyl groups excluding tert-OH is 1. The van der Waals surface area contributed by atoms with Crippen molar-refractivity contribution in [1.29, 1.82) is 0 Å². The second-order valence-corrected chi connectivity index (χ2v) is 6.83. The molecule has 5 nitrogen and oxygen atoms in total. The third-order valence-electron chi connectivity index (χ3n) is 5.49. The highest BCUT2D eigenvalue weighted by Gasteiger charge is 2.39. The predicted molar refractivity (Wildman–Crippen MR) is 82.0 cm³/mol. The standard InChI is InChI=1S/C16H29N3O2/c20-11-6-13-5-10-18(12-13)16(21)15-2-1-9-19(15)14-3-7-17-8-4-14/h13-15,17,20H,1-12H2. The van der Waals surface area contributed by atoms with E-state index in [-0.39, 0.29) is 12.6 Å². The van der Waals surface area contributed by atoms with Crippen molar-refractivity contribution in [2.75, 3.05) is 39.3 Å². The lowest BCUT2D eigenvalue weighted by Crippen LogP contribution is -2.51. The van der Waals surface area contributed by atoms with Gasteiger partial charge in [-0.3, -0.25) is 9.69 Å². The molecule has 21 heavy (non-hydrogen) atoms. The van der Waals surface area contributed by atoms with Crippen LogP contribution in [0.1, 0.15) is 38.5 Å². The van der Waals surface area contributed by atoms with Crippen LogP contribution in [-0.4, -0.2) is 72.2 Å². The Morgan fingerprint density at radius 1 is 1.14 bits per heavy atom. The average molecular weight is 295 g/mol. The number of carbonyl (C=O) groups is 1. The predicted octanol–water partition coefficient (Wildman–Crippen LogP) is 0.434. The van der Waals surface area contributed by atoms with E-state index >= 15 is 0 Å². The van der Waals surface area contributed by atoms with Crippen molar-refractivity contribution in [3.8, 4) is 0 Å². The zero-order chi connectivity index (χ0) is 14.7. The van der Waals surface area contributed by atoms with Crippen LogP contribution in [0.3, 0.4) is 0 Å². The number of amides is 1. The summed E-state index contributed by atoms with van der Waals surface area (Å²) in [6.07, 6.45) is 6.45. The Labute approximate surface area is 127 Å². The van der Waals surface area contributed by atoms with Crippen LogP contribution in [0.2, 0.25) is 0 Å². The maximum absolute atomic E-state index is 12.9. The largest absolute Gasteiger partial charge is 0.396 e. The van der Waals surface area contributed by atoms with Gasteiger partial charge in [-0.25, -0.2) is 0 Å². The zero-order valence-corrected chi connectivity index (χ0v) is 13.0. The van der Waals surface area contributed by atoms with Gasteiger partial charge in [0.25, 0.3) is 0 Å². The van der Waals surface area contributed by atoms with Crippen molar-refractivity contribution in [3.63, 3.8) is 0 Å². The molecule has 3 saturated heterocycles. The number of nitrogens with zero attached hydrogens (tertiary/aromatic N) is 2. The first kappa shape index (κ1) is 15.3. The molecule has 3 aliphatic heterocycles. The van der Waals surface area contributed by atoms with Gasteiger partial charge in [0.15, 0.2) is 0 Å². The second-order valence-electron chi connectivity index (χ2n) is 6.83. The van der Waals surface area contributed by atoms with Crippen molar-refractivity contribution < 1.29 is 9.90 Å². The summed E-state index contributed by atoms with van der Waals surface area (Å²) < 4.78 is 0. The van der Waals surface area contributed by atoms with Crippen molar-refractivity contribution >= 4 is 5.91 Å². The van der Waals surface area contributed by atoms with Crippen LogP contribution in [0.5, 0.6) is 0 Å². The minimum atomic E-state index is 0.126. The Bertz CT molecular complexity index is 357. The Morgan fingerprint density at radius 3 is 2.71 bits per heavy atom. The lowest BCUT2D eigenvalue weighted by atomic mass is 10.0. The van der Waals surface area contributed by atoms with Crippen molar-refractivity contribution in [1.82, 2.24) is 15.1 Å². The SMILES string of the molecule is O=C(C1CCCN1C1CCNCC1)N1CCC(CCO)C1. The lowest BCUT2D eigenvalue weighted by molar-refractivity contribution is -0.136. The van der Waals surface area contributed by atoms with E-state index in [0.717, 1.165) is 58.4 Å². The number of nitrogens with one attached hydrogen (secondary N) is 1. The van der Waals surface area contributed by atoms with Crippen LogP contribution in [0.15, 0.2) is 0 Å². The van der Waals surface area contributed by atoms with Gasteiger partial charge in [-0.05, 0) is 64.1 Å². The summed E-state index contributed by atoms with van der Waals surface area (Å²) in [6, 6.07) is 0.722. The van der Waals surface area contributed by atoms with Gasteiger partial charge >= 0.3 is 0 Å². The third kappa shape index (κ3) is 3.41. The molecule has 0 aromatic carbocycles. The molecule has 0 spiro atoms. The summed E-state index contributed by atoms with van der Waals surface area (Å²) in [5, 5.41) is 12.5. The summed E-state index contributed by atoms with van der Waals surface area (Å²) in [6.45, 7) is 5.26. The molecule has 0 aromatic heterocycles. The van der Waals surface area contributed by atoms with Crippen LogP contribution in [0.25, 0.3) is 0 Å². The summed E-state index contributed by atoms with van der Waals surface area (Å²) in [5.74, 6) is 0.860. The molecule has 1 amide bonds. The van der Waals surface area contributed by atoms with Gasteiger partial charge < -0.3 is 15.3 Å². The molecular weight excluding hydrogens is 266 g/mol. The smallest absolute Gasteiger partial charge is 0.239 e. The van der Waals surface area contributed by atoms with E-state index in [2.05, 4.69) is 15.1 Å². The summed E-state index contributed by atoms with van der Waals surface area (Å²) >= 11 is 0. The van der Waals surface area contributed by atoms with Gasteiger partial charge in [0.05, 0.1) is 6.04 Å². The molecule has 3 aliphatic rings. The molecule has 3 fully saturated rings. The second kappa shape index (κ2) is 7.07. The molecule has 3 rings (SSSR count). The Morgan fingerprint density at radius 2 is 1.95 bits per heavy atom. The van der Waals surface area contributed by atoms with Gasteiger partial charge in [-0.15, -0.1) is 0 Å². The van der Waals surface area contributed by atoms with Crippen LogP contribution >= 0.6 is 0 Å². The number of aliphatic hydroxyl groups is 1. The maximum atomic E-state index is 12.9. The molecule has 3 heterocycles. The van der Waals surface area contributed by atoms with E-state index in [9.17, 15) is 4.79 Å². The van der Waals surface area contributed by atoms with Gasteiger partial charge in [-0.1, -0.05) is 0 Å². The van der Waals surface area contributed by atoms with E-state index in [0.29, 0.717) is 17.9 Å². The van der Waals surface area contributed by atoms with Crippen molar-refractivity contribution in [2.45, 2.75) is 50.6 Å². The number of piperidine rings is 1. The zero-order valence-electron chi connectivity index (χ0n) is 13.0. The van der Waals surface area contributed by atoms with E-state index in [4.69, 9.17) is 5.11 Å². The van der Waals surface area contributed by atoms with Crippen LogP contribution in [0, 0.1) is 5.92 Å². The van der Waals surface area contributed by atoms with E-state index in [1.54, 1.807) is 0 Å². The number of hydrogen-bond acceptors (Lipinski definition) is 4. The highest BCUT2D eigenvalue weighted by molar-refractivity contribution is 5.82. The average Bonchev–Trinajstić information content (AvgIpc) is 3.17. The summed E-state index contributed by atoms with van der Waals surface area (Å²) in [7, 11) is 0. The monoisotopic (exact) mass is 295 g/mol. The molecule has 5 heteroatoms. The third-order valence-corrected chi connectivity index (χ3v) is 5.49. The first-order valence-electron chi connectivity index (χ1n) is 8.65. The van der Waals surface area contributed by atoms with Crippen LogP contribution < -0.4 is 5.32 Å². The minimum Gasteiger partial charge on any atom is -0.396 e. The summed E-state index contributed by atoms with van der Waals surface area (Å²) in [5.41, 5.74) is 0. The topological polar surface area (TPSA) is 55.8 Å². The highest BCUT2D eigenvalue weighted by atomic mass is 16.3. The van der Waals surface area contributed by atoms with Crippen molar-refractivity contribution in [3.05, 3.63) is 0 Å². The molecule has 0 radical (unpaired) electrons. The molecule has 0 saturated carbocycles.